The van der Waals surface area contributed by atoms with Crippen LogP contribution in [0, 0.1) is 5.92 Å². The second-order valence-electron chi connectivity index (χ2n) is 11.3. The number of rotatable bonds is 9. The zero-order chi connectivity index (χ0) is 28.3. The van der Waals surface area contributed by atoms with Crippen molar-refractivity contribution in [2.45, 2.75) is 50.1 Å². The molecule has 0 unspecified atom stereocenters. The van der Waals surface area contributed by atoms with Gasteiger partial charge in [0.25, 0.3) is 0 Å². The zero-order valence-electron chi connectivity index (χ0n) is 23.6. The van der Waals surface area contributed by atoms with Gasteiger partial charge in [0, 0.05) is 44.4 Å². The van der Waals surface area contributed by atoms with Crippen molar-refractivity contribution >= 4 is 22.7 Å². The van der Waals surface area contributed by atoms with Gasteiger partial charge in [0.05, 0.1) is 24.7 Å². The van der Waals surface area contributed by atoms with Gasteiger partial charge in [-0.05, 0) is 79.1 Å². The van der Waals surface area contributed by atoms with Gasteiger partial charge in [-0.25, -0.2) is 4.68 Å². The fourth-order valence-corrected chi connectivity index (χ4v) is 6.36. The van der Waals surface area contributed by atoms with Crippen LogP contribution in [-0.4, -0.2) is 68.9 Å². The van der Waals surface area contributed by atoms with E-state index in [1.807, 2.05) is 60.5 Å². The van der Waals surface area contributed by atoms with E-state index in [1.165, 1.54) is 5.56 Å². The fourth-order valence-electron chi connectivity index (χ4n) is 6.36. The van der Waals surface area contributed by atoms with Gasteiger partial charge in [-0.1, -0.05) is 29.5 Å². The lowest BCUT2D eigenvalue weighted by Gasteiger charge is -2.27. The molecule has 0 radical (unpaired) electrons. The molecule has 0 aliphatic carbocycles. The molecule has 212 valence electrons. The minimum absolute atomic E-state index is 0.0278. The Morgan fingerprint density at radius 2 is 1.88 bits per heavy atom. The second-order valence-corrected chi connectivity index (χ2v) is 11.3. The number of nitrogens with zero attached hydrogens (tertiary/aromatic N) is 5. The first-order chi connectivity index (χ1) is 20.0. The van der Waals surface area contributed by atoms with Crippen molar-refractivity contribution in [3.05, 3.63) is 83.7 Å². The number of hydrogen-bond donors (Lipinski definition) is 1. The van der Waals surface area contributed by atoms with Crippen LogP contribution in [0.3, 0.4) is 0 Å². The van der Waals surface area contributed by atoms with Gasteiger partial charge in [0.15, 0.2) is 5.78 Å². The van der Waals surface area contributed by atoms with Gasteiger partial charge in [0.2, 0.25) is 5.91 Å². The van der Waals surface area contributed by atoms with Crippen LogP contribution >= 0.6 is 0 Å². The summed E-state index contributed by atoms with van der Waals surface area (Å²) in [6.07, 6.45) is 4.96. The fraction of sp³-hybridized carbons (Fsp3) is 0.406. The van der Waals surface area contributed by atoms with E-state index >= 15 is 0 Å². The third-order valence-electron chi connectivity index (χ3n) is 8.60. The average Bonchev–Trinajstić information content (AvgIpc) is 3.76. The third kappa shape index (κ3) is 5.86. The molecule has 9 heteroatoms. The van der Waals surface area contributed by atoms with Gasteiger partial charge < -0.3 is 15.0 Å². The minimum atomic E-state index is -0.415. The predicted molar refractivity (Wildman–Crippen MR) is 156 cm³/mol. The summed E-state index contributed by atoms with van der Waals surface area (Å²) in [5.74, 6) is 1.37. The Morgan fingerprint density at radius 1 is 1.05 bits per heavy atom. The molecule has 0 bridgehead atoms. The molecule has 2 fully saturated rings. The van der Waals surface area contributed by atoms with Crippen LogP contribution < -0.4 is 10.1 Å². The number of hydrogen-bond acceptors (Lipinski definition) is 7. The number of carbonyl (C=O) groups is 2. The molecule has 4 atom stereocenters. The number of fused-ring (bicyclic) bond motifs is 1. The summed E-state index contributed by atoms with van der Waals surface area (Å²) >= 11 is 0. The van der Waals surface area contributed by atoms with Crippen LogP contribution in [0.25, 0.3) is 11.0 Å². The van der Waals surface area contributed by atoms with E-state index in [1.54, 1.807) is 18.0 Å². The highest BCUT2D eigenvalue weighted by Gasteiger charge is 2.43. The number of methoxy groups -OCH3 is 1. The van der Waals surface area contributed by atoms with Crippen LogP contribution in [-0.2, 0) is 29.5 Å². The van der Waals surface area contributed by atoms with Crippen molar-refractivity contribution < 1.29 is 14.3 Å². The lowest BCUT2D eigenvalue weighted by molar-refractivity contribution is -0.139. The molecule has 0 saturated carbocycles. The Balaban J connectivity index is 1.16. The SMILES string of the molecule is COc1ccc(C[C@@H]2C[C@@H](C(=O)CCc3ccc4c(c3)nnn4C)N(C(=O)[C@H]3C[C@@H](c4ccccn4)CN3)C2)cc1. The maximum Gasteiger partial charge on any atom is 0.240 e. The van der Waals surface area contributed by atoms with E-state index in [9.17, 15) is 9.59 Å². The van der Waals surface area contributed by atoms with Gasteiger partial charge >= 0.3 is 0 Å². The van der Waals surface area contributed by atoms with Crippen molar-refractivity contribution in [1.29, 1.82) is 0 Å². The Labute approximate surface area is 239 Å². The number of carbonyl (C=O) groups excluding carboxylic acids is 2. The first-order valence-corrected chi connectivity index (χ1v) is 14.4. The van der Waals surface area contributed by atoms with E-state index in [2.05, 4.69) is 32.7 Å². The highest BCUT2D eigenvalue weighted by molar-refractivity contribution is 5.92. The first-order valence-electron chi connectivity index (χ1n) is 14.4. The summed E-state index contributed by atoms with van der Waals surface area (Å²) in [5, 5.41) is 11.7. The number of amides is 1. The number of nitrogens with one attached hydrogen (secondary N) is 1. The number of Topliss-reactive ketones (excluding diaryl/α,β-unsaturated/α-hetero) is 1. The molecule has 9 nitrogen and oxygen atoms in total. The monoisotopic (exact) mass is 552 g/mol. The Bertz CT molecular complexity index is 1520. The number of pyridine rings is 1. The number of likely N-dealkylation sites (tertiary alicyclic amines) is 1. The number of ketones is 1. The third-order valence-corrected chi connectivity index (χ3v) is 8.60. The van der Waals surface area contributed by atoms with Crippen molar-refractivity contribution in [1.82, 2.24) is 30.2 Å². The summed E-state index contributed by atoms with van der Waals surface area (Å²) in [7, 11) is 3.52. The van der Waals surface area contributed by atoms with Crippen LogP contribution in [0.1, 0.15) is 42.0 Å². The maximum atomic E-state index is 13.9. The summed E-state index contributed by atoms with van der Waals surface area (Å²) in [5.41, 5.74) is 5.02. The molecule has 2 aliphatic rings. The normalized spacial score (nSPS) is 22.3. The second kappa shape index (κ2) is 11.8. The van der Waals surface area contributed by atoms with E-state index in [4.69, 9.17) is 4.74 Å². The van der Waals surface area contributed by atoms with Crippen molar-refractivity contribution in [2.24, 2.45) is 13.0 Å². The van der Waals surface area contributed by atoms with Gasteiger partial charge in [-0.15, -0.1) is 5.10 Å². The summed E-state index contributed by atoms with van der Waals surface area (Å²) < 4.78 is 7.05. The molecule has 4 heterocycles. The van der Waals surface area contributed by atoms with Crippen molar-refractivity contribution in [2.75, 3.05) is 20.2 Å². The smallest absolute Gasteiger partial charge is 0.240 e. The molecular weight excluding hydrogens is 516 g/mol. The predicted octanol–water partition coefficient (Wildman–Crippen LogP) is 3.48. The highest BCUT2D eigenvalue weighted by atomic mass is 16.5. The number of benzene rings is 2. The van der Waals surface area contributed by atoms with E-state index in [0.29, 0.717) is 38.8 Å². The molecule has 41 heavy (non-hydrogen) atoms. The molecule has 6 rings (SSSR count). The molecule has 2 saturated heterocycles. The van der Waals surface area contributed by atoms with Crippen LogP contribution in [0.5, 0.6) is 5.75 Å². The zero-order valence-corrected chi connectivity index (χ0v) is 23.6. The van der Waals surface area contributed by atoms with Gasteiger partial charge in [-0.2, -0.15) is 0 Å². The quantitative estimate of drug-likeness (QED) is 0.339. The van der Waals surface area contributed by atoms with Crippen LogP contribution in [0.2, 0.25) is 0 Å². The lowest BCUT2D eigenvalue weighted by Crippen LogP contribution is -2.48. The molecule has 1 amide bonds. The molecule has 4 aromatic rings. The summed E-state index contributed by atoms with van der Waals surface area (Å²) in [6, 6.07) is 19.3. The standard InChI is InChI=1S/C32H36N6O3/c1-37-29-12-8-22(16-27(29)35-36-37)9-13-31(39)30-17-23(15-21-6-10-25(41-2)11-7-21)20-38(30)32(40)28-18-24(19-34-28)26-5-3-4-14-33-26/h3-8,10-12,14,16,23-24,28,30,34H,9,13,15,17-20H2,1-2H3/t23-,24-,28-,30+/m1/s1. The number of aromatic nitrogens is 4. The molecule has 2 aromatic carbocycles. The topological polar surface area (TPSA) is 102 Å². The highest BCUT2D eigenvalue weighted by Crippen LogP contribution is 2.32. The van der Waals surface area contributed by atoms with E-state index in [0.717, 1.165) is 34.5 Å². The minimum Gasteiger partial charge on any atom is -0.497 e. The largest absolute Gasteiger partial charge is 0.497 e. The number of aryl methyl sites for hydroxylation is 2. The Kier molecular flexibility index (Phi) is 7.78. The molecule has 0 spiro atoms. The summed E-state index contributed by atoms with van der Waals surface area (Å²) in [6.45, 7) is 1.29. The van der Waals surface area contributed by atoms with Crippen LogP contribution in [0.15, 0.2) is 66.9 Å². The molecular formula is C32H36N6O3. The van der Waals surface area contributed by atoms with Crippen LogP contribution in [0.4, 0.5) is 0 Å². The Morgan fingerprint density at radius 3 is 2.66 bits per heavy atom. The average molecular weight is 553 g/mol. The summed E-state index contributed by atoms with van der Waals surface area (Å²) in [4.78, 5) is 34.0. The van der Waals surface area contributed by atoms with Crippen molar-refractivity contribution in [3.8, 4) is 5.75 Å². The Hall–Kier alpha value is -4.11. The van der Waals surface area contributed by atoms with Gasteiger partial charge in [-0.3, -0.25) is 14.6 Å². The molecule has 1 N–H and O–H groups in total. The molecule has 2 aromatic heterocycles. The number of ether oxygens (including phenoxy) is 1. The molecule has 2 aliphatic heterocycles. The maximum absolute atomic E-state index is 13.9. The van der Waals surface area contributed by atoms with E-state index in [-0.39, 0.29) is 29.6 Å². The van der Waals surface area contributed by atoms with E-state index < -0.39 is 6.04 Å². The van der Waals surface area contributed by atoms with Gasteiger partial charge in [0.1, 0.15) is 11.3 Å². The lowest BCUT2D eigenvalue weighted by atomic mass is 9.94. The first kappa shape index (κ1) is 27.1. The van der Waals surface area contributed by atoms with Crippen molar-refractivity contribution in [3.63, 3.8) is 0 Å².